The van der Waals surface area contributed by atoms with Gasteiger partial charge in [0.15, 0.2) is 5.75 Å². The lowest BCUT2D eigenvalue weighted by atomic mass is 9.98. The van der Waals surface area contributed by atoms with Crippen LogP contribution in [0.2, 0.25) is 0 Å². The van der Waals surface area contributed by atoms with Crippen molar-refractivity contribution in [3.8, 4) is 28.4 Å². The summed E-state index contributed by atoms with van der Waals surface area (Å²) in [5, 5.41) is 11.4. The molecule has 0 radical (unpaired) electrons. The van der Waals surface area contributed by atoms with Crippen molar-refractivity contribution in [1.29, 1.82) is 0 Å². The predicted octanol–water partition coefficient (Wildman–Crippen LogP) is 5.99. The summed E-state index contributed by atoms with van der Waals surface area (Å²) in [5.74, 6) is 0.711. The summed E-state index contributed by atoms with van der Waals surface area (Å²) >= 11 is 0. The number of carbonyl (C=O) groups is 1. The molecule has 0 saturated carbocycles. The van der Waals surface area contributed by atoms with E-state index < -0.39 is 10.8 Å². The van der Waals surface area contributed by atoms with Gasteiger partial charge in [-0.2, -0.15) is 4.99 Å². The highest BCUT2D eigenvalue weighted by Gasteiger charge is 2.26. The van der Waals surface area contributed by atoms with Gasteiger partial charge in [-0.05, 0) is 54.4 Å². The van der Waals surface area contributed by atoms with E-state index >= 15 is 0 Å². The Morgan fingerprint density at radius 3 is 2.40 bits per heavy atom. The van der Waals surface area contributed by atoms with Crippen molar-refractivity contribution in [2.24, 2.45) is 4.99 Å². The fourth-order valence-corrected chi connectivity index (χ4v) is 4.45. The van der Waals surface area contributed by atoms with Gasteiger partial charge in [0.25, 0.3) is 11.6 Å². The van der Waals surface area contributed by atoms with E-state index in [1.165, 1.54) is 42.4 Å². The maximum Gasteiger partial charge on any atom is 0.292 e. The van der Waals surface area contributed by atoms with Gasteiger partial charge in [-0.3, -0.25) is 14.9 Å². The number of benzene rings is 4. The summed E-state index contributed by atoms with van der Waals surface area (Å²) in [4.78, 5) is 41.3. The molecule has 11 nitrogen and oxygen atoms in total. The molecule has 0 heterocycles. The number of aryl methyl sites for hydroxylation is 1. The summed E-state index contributed by atoms with van der Waals surface area (Å²) < 4.78 is 16.9. The Balaban J connectivity index is 1.73. The second-order valence-electron chi connectivity index (χ2n) is 9.21. The van der Waals surface area contributed by atoms with Crippen molar-refractivity contribution in [3.05, 3.63) is 99.6 Å². The largest absolute Gasteiger partial charge is 0.497 e. The maximum absolute atomic E-state index is 13.8. The molecule has 0 saturated heterocycles. The zero-order valence-corrected chi connectivity index (χ0v) is 23.4. The van der Waals surface area contributed by atoms with E-state index in [-0.39, 0.29) is 40.5 Å². The fourth-order valence-electron chi connectivity index (χ4n) is 4.45. The normalized spacial score (nSPS) is 10.4. The minimum atomic E-state index is -0.599. The van der Waals surface area contributed by atoms with Crippen LogP contribution in [0.1, 0.15) is 21.5 Å². The van der Waals surface area contributed by atoms with Gasteiger partial charge in [-0.1, -0.05) is 30.3 Å². The highest BCUT2D eigenvalue weighted by molar-refractivity contribution is 6.11. The van der Waals surface area contributed by atoms with Gasteiger partial charge in [-0.25, -0.2) is 4.79 Å². The Labute approximate surface area is 241 Å². The Morgan fingerprint density at radius 1 is 1.02 bits per heavy atom. The molecule has 0 unspecified atom stereocenters. The van der Waals surface area contributed by atoms with Gasteiger partial charge in [-0.15, -0.1) is 0 Å². The molecule has 0 spiro atoms. The van der Waals surface area contributed by atoms with Crippen LogP contribution in [0.25, 0.3) is 11.1 Å². The number of nitrogens with zero attached hydrogens (tertiary/aromatic N) is 3. The topological polar surface area (TPSA) is 147 Å². The number of anilines is 2. The van der Waals surface area contributed by atoms with E-state index in [2.05, 4.69) is 4.99 Å². The first kappa shape index (κ1) is 29.3. The van der Waals surface area contributed by atoms with E-state index in [9.17, 15) is 19.7 Å². The lowest BCUT2D eigenvalue weighted by molar-refractivity contribution is -0.383. The number of para-hydroxylation sites is 1. The number of carbonyl (C=O) groups excluding carboxylic acids is 2. The highest BCUT2D eigenvalue weighted by atomic mass is 16.6. The Kier molecular flexibility index (Phi) is 8.84. The molecule has 0 aliphatic heterocycles. The third-order valence-corrected chi connectivity index (χ3v) is 6.63. The van der Waals surface area contributed by atoms with E-state index in [0.29, 0.717) is 17.0 Å². The molecule has 4 aromatic rings. The molecule has 0 fully saturated rings. The molecule has 0 aliphatic carbocycles. The van der Waals surface area contributed by atoms with Gasteiger partial charge >= 0.3 is 0 Å². The second kappa shape index (κ2) is 12.7. The van der Waals surface area contributed by atoms with E-state index in [1.807, 2.05) is 43.3 Å². The number of ether oxygens (including phenoxy) is 3. The average Bonchev–Trinajstić information content (AvgIpc) is 2.99. The molecule has 42 heavy (non-hydrogen) atoms. The first-order chi connectivity index (χ1) is 20.2. The zero-order valence-electron chi connectivity index (χ0n) is 23.4. The molecule has 2 N–H and O–H groups in total. The Morgan fingerprint density at radius 2 is 1.76 bits per heavy atom. The van der Waals surface area contributed by atoms with Gasteiger partial charge in [0.1, 0.15) is 29.5 Å². The first-order valence-corrected chi connectivity index (χ1v) is 12.7. The van der Waals surface area contributed by atoms with Crippen LogP contribution in [0.3, 0.4) is 0 Å². The van der Waals surface area contributed by atoms with Gasteiger partial charge in [0.05, 0.1) is 30.4 Å². The molecule has 0 aliphatic rings. The SMILES string of the molecule is COc1ccc(COc2cc(C)ccc2N(C)C(=O)c2ccc(-c3cccc([N+](=O)[O-])c3N)c(OC)c2N=C=O)cc1. The number of hydrogen-bond acceptors (Lipinski definition) is 9. The van der Waals surface area contributed by atoms with Crippen LogP contribution in [0.4, 0.5) is 22.7 Å². The van der Waals surface area contributed by atoms with Crippen LogP contribution < -0.4 is 24.8 Å². The molecule has 1 amide bonds. The third kappa shape index (κ3) is 5.91. The van der Waals surface area contributed by atoms with Crippen molar-refractivity contribution in [2.45, 2.75) is 13.5 Å². The minimum Gasteiger partial charge on any atom is -0.497 e. The van der Waals surface area contributed by atoms with E-state index in [1.54, 1.807) is 26.3 Å². The molecular formula is C31H28N4O7. The molecule has 4 rings (SSSR count). The van der Waals surface area contributed by atoms with E-state index in [0.717, 1.165) is 16.9 Å². The van der Waals surface area contributed by atoms with Crippen molar-refractivity contribution in [2.75, 3.05) is 31.9 Å². The number of isocyanates is 1. The van der Waals surface area contributed by atoms with Gasteiger partial charge < -0.3 is 24.8 Å². The molecule has 11 heteroatoms. The number of nitrogen functional groups attached to an aromatic ring is 1. The van der Waals surface area contributed by atoms with Crippen LogP contribution in [0.5, 0.6) is 17.2 Å². The summed E-state index contributed by atoms with van der Waals surface area (Å²) in [7, 11) is 4.50. The predicted molar refractivity (Wildman–Crippen MR) is 159 cm³/mol. The number of aliphatic imine (C=N–C) groups is 1. The van der Waals surface area contributed by atoms with Gasteiger partial charge in [0, 0.05) is 24.2 Å². The molecule has 214 valence electrons. The minimum absolute atomic E-state index is 0.0321. The lowest BCUT2D eigenvalue weighted by Crippen LogP contribution is -2.27. The van der Waals surface area contributed by atoms with Crippen molar-refractivity contribution < 1.29 is 28.7 Å². The van der Waals surface area contributed by atoms with Crippen molar-refractivity contribution in [3.63, 3.8) is 0 Å². The summed E-state index contributed by atoms with van der Waals surface area (Å²) in [6.45, 7) is 2.16. The zero-order chi connectivity index (χ0) is 30.4. The molecule has 0 bridgehead atoms. The van der Waals surface area contributed by atoms with Crippen molar-refractivity contribution >= 4 is 34.7 Å². The number of nitro groups is 1. The quantitative estimate of drug-likeness (QED) is 0.0806. The highest BCUT2D eigenvalue weighted by Crippen LogP contribution is 2.45. The lowest BCUT2D eigenvalue weighted by Gasteiger charge is -2.23. The Hall–Kier alpha value is -5.67. The van der Waals surface area contributed by atoms with Crippen LogP contribution in [0.15, 0.2) is 77.8 Å². The number of amides is 1. The first-order valence-electron chi connectivity index (χ1n) is 12.7. The van der Waals surface area contributed by atoms with Crippen LogP contribution >= 0.6 is 0 Å². The van der Waals surface area contributed by atoms with E-state index in [4.69, 9.17) is 19.9 Å². The number of nitrogens with two attached hydrogens (primary N) is 1. The molecular weight excluding hydrogens is 540 g/mol. The van der Waals surface area contributed by atoms with Crippen LogP contribution in [-0.4, -0.2) is 38.2 Å². The monoisotopic (exact) mass is 568 g/mol. The van der Waals surface area contributed by atoms with Gasteiger partial charge in [0.2, 0.25) is 6.08 Å². The molecule has 0 atom stereocenters. The number of methoxy groups -OCH3 is 2. The fraction of sp³-hybridized carbons (Fsp3) is 0.161. The number of nitro benzene ring substituents is 1. The third-order valence-electron chi connectivity index (χ3n) is 6.63. The maximum atomic E-state index is 13.8. The van der Waals surface area contributed by atoms with Crippen molar-refractivity contribution in [1.82, 2.24) is 0 Å². The molecule has 0 aromatic heterocycles. The van der Waals surface area contributed by atoms with Crippen LogP contribution in [0, 0.1) is 17.0 Å². The van der Waals surface area contributed by atoms with Crippen LogP contribution in [-0.2, 0) is 11.4 Å². The number of rotatable bonds is 10. The smallest absolute Gasteiger partial charge is 0.292 e. The number of hydrogen-bond donors (Lipinski definition) is 1. The summed E-state index contributed by atoms with van der Waals surface area (Å²) in [5.41, 5.74) is 8.54. The summed E-state index contributed by atoms with van der Waals surface area (Å²) in [6, 6.07) is 20.2. The standard InChI is InChI=1S/C31H28N4O7/c1-19-8-15-25(27(16-19)42-17-20-9-11-21(40-3)12-10-20)34(2)31(37)24-14-13-23(30(41-4)29(24)33-18-36)22-6-5-7-26(28(22)32)35(38)39/h5-16H,17,32H2,1-4H3. The summed E-state index contributed by atoms with van der Waals surface area (Å²) in [6.07, 6.45) is 1.47. The molecule has 4 aromatic carbocycles. The average molecular weight is 569 g/mol. The Bertz CT molecular complexity index is 1700. The second-order valence-corrected chi connectivity index (χ2v) is 9.21.